The van der Waals surface area contributed by atoms with Crippen molar-refractivity contribution < 1.29 is 14.3 Å². The second kappa shape index (κ2) is 15.4. The second-order valence-electron chi connectivity index (χ2n) is 7.99. The highest BCUT2D eigenvalue weighted by atomic mass is 127. The first-order valence-corrected chi connectivity index (χ1v) is 10.9. The predicted octanol–water partition coefficient (Wildman–Crippen LogP) is 3.37. The van der Waals surface area contributed by atoms with Crippen LogP contribution >= 0.6 is 24.0 Å². The number of carbonyl (C=O) groups is 1. The first-order chi connectivity index (χ1) is 15.4. The third-order valence-corrected chi connectivity index (χ3v) is 5.07. The number of methoxy groups -OCH3 is 2. The molecule has 0 radical (unpaired) electrons. The van der Waals surface area contributed by atoms with Crippen LogP contribution in [-0.2, 0) is 17.6 Å². The molecule has 0 spiro atoms. The lowest BCUT2D eigenvalue weighted by Crippen LogP contribution is -2.41. The number of ether oxygens (including phenoxy) is 2. The Hall–Kier alpha value is -2.49. The molecule has 7 nitrogen and oxygen atoms in total. The quantitative estimate of drug-likeness (QED) is 0.247. The maximum atomic E-state index is 12.0. The zero-order chi connectivity index (χ0) is 23.3. The van der Waals surface area contributed by atoms with E-state index in [4.69, 9.17) is 9.47 Å². The molecule has 0 aliphatic carbocycles. The number of aliphatic imine (C=N–C) groups is 1. The van der Waals surface area contributed by atoms with E-state index in [-0.39, 0.29) is 36.4 Å². The number of halogens is 1. The van der Waals surface area contributed by atoms with E-state index in [2.05, 4.69) is 40.7 Å². The van der Waals surface area contributed by atoms with Gasteiger partial charge in [-0.15, -0.1) is 24.0 Å². The van der Waals surface area contributed by atoms with Crippen molar-refractivity contribution in [2.75, 3.05) is 47.9 Å². The summed E-state index contributed by atoms with van der Waals surface area (Å²) in [5.41, 5.74) is 2.43. The molecule has 2 rings (SSSR count). The number of nitrogens with one attached hydrogen (secondary N) is 2. The van der Waals surface area contributed by atoms with E-state index in [0.29, 0.717) is 11.9 Å². The lowest BCUT2D eigenvalue weighted by atomic mass is 10.0. The minimum Gasteiger partial charge on any atom is -0.493 e. The number of hydrogen-bond donors (Lipinski definition) is 2. The number of rotatable bonds is 11. The summed E-state index contributed by atoms with van der Waals surface area (Å²) in [7, 11) is 6.75. The number of likely N-dealkylation sites (N-methyl/N-ethyl adjacent to an activating group) is 1. The van der Waals surface area contributed by atoms with Crippen molar-refractivity contribution in [1.82, 2.24) is 15.5 Å². The summed E-state index contributed by atoms with van der Waals surface area (Å²) in [5, 5.41) is 6.73. The van der Waals surface area contributed by atoms with Gasteiger partial charge in [0.05, 0.1) is 14.2 Å². The fraction of sp³-hybridized carbons (Fsp3) is 0.440. The molecule has 0 saturated carbocycles. The molecular weight excluding hydrogens is 531 g/mol. The van der Waals surface area contributed by atoms with Crippen LogP contribution in [0.25, 0.3) is 0 Å². The molecule has 2 N–H and O–H groups in total. The highest BCUT2D eigenvalue weighted by molar-refractivity contribution is 14.0. The molecule has 8 heteroatoms. The van der Waals surface area contributed by atoms with Gasteiger partial charge in [0, 0.05) is 27.2 Å². The van der Waals surface area contributed by atoms with Crippen LogP contribution in [0.3, 0.4) is 0 Å². The minimum atomic E-state index is -0.0347. The minimum absolute atomic E-state index is 0. The fourth-order valence-corrected chi connectivity index (χ4v) is 3.19. The molecule has 182 valence electrons. The number of carbonyl (C=O) groups excluding carboxylic acids is 1. The summed E-state index contributed by atoms with van der Waals surface area (Å²) >= 11 is 0. The van der Waals surface area contributed by atoms with Crippen molar-refractivity contribution in [3.8, 4) is 11.5 Å². The van der Waals surface area contributed by atoms with Crippen LogP contribution in [0.15, 0.2) is 53.5 Å². The van der Waals surface area contributed by atoms with E-state index < -0.39 is 0 Å². The third-order valence-electron chi connectivity index (χ3n) is 5.07. The van der Waals surface area contributed by atoms with Crippen LogP contribution in [-0.4, -0.2) is 64.7 Å². The molecule has 2 aromatic rings. The van der Waals surface area contributed by atoms with Crippen LogP contribution in [0, 0.1) is 5.92 Å². The van der Waals surface area contributed by atoms with Crippen molar-refractivity contribution in [3.05, 3.63) is 59.7 Å². The van der Waals surface area contributed by atoms with Crippen LogP contribution in [0.5, 0.6) is 11.5 Å². The molecule has 0 heterocycles. The smallest absolute Gasteiger partial charge is 0.243 e. The lowest BCUT2D eigenvalue weighted by molar-refractivity contribution is -0.127. The van der Waals surface area contributed by atoms with Crippen molar-refractivity contribution in [2.45, 2.75) is 19.8 Å². The van der Waals surface area contributed by atoms with Gasteiger partial charge in [-0.25, -0.2) is 4.99 Å². The third kappa shape index (κ3) is 10.3. The molecule has 0 bridgehead atoms. The molecule has 0 aliphatic heterocycles. The Labute approximate surface area is 215 Å². The summed E-state index contributed by atoms with van der Waals surface area (Å²) in [5.74, 6) is 2.42. The Bertz CT molecular complexity index is 875. The summed E-state index contributed by atoms with van der Waals surface area (Å²) in [6.07, 6.45) is 1.76. The van der Waals surface area contributed by atoms with Gasteiger partial charge in [-0.1, -0.05) is 43.3 Å². The summed E-state index contributed by atoms with van der Waals surface area (Å²) in [4.78, 5) is 18.0. The average Bonchev–Trinajstić information content (AvgIpc) is 2.80. The first-order valence-electron chi connectivity index (χ1n) is 10.9. The van der Waals surface area contributed by atoms with Gasteiger partial charge in [-0.05, 0) is 42.0 Å². The maximum Gasteiger partial charge on any atom is 0.243 e. The Kier molecular flexibility index (Phi) is 13.3. The van der Waals surface area contributed by atoms with Gasteiger partial charge in [-0.3, -0.25) is 4.79 Å². The molecule has 33 heavy (non-hydrogen) atoms. The zero-order valence-corrected chi connectivity index (χ0v) is 22.6. The summed E-state index contributed by atoms with van der Waals surface area (Å²) in [6.45, 7) is 3.74. The number of nitrogens with zero attached hydrogens (tertiary/aromatic N) is 2. The number of benzene rings is 2. The van der Waals surface area contributed by atoms with Crippen LogP contribution in [0.4, 0.5) is 0 Å². The van der Waals surface area contributed by atoms with Gasteiger partial charge < -0.3 is 25.0 Å². The van der Waals surface area contributed by atoms with Gasteiger partial charge in [-0.2, -0.15) is 0 Å². The normalized spacial score (nSPS) is 11.7. The first kappa shape index (κ1) is 28.5. The fourth-order valence-electron chi connectivity index (χ4n) is 3.19. The molecular formula is C25H37IN4O3. The van der Waals surface area contributed by atoms with E-state index in [0.717, 1.165) is 37.4 Å². The van der Waals surface area contributed by atoms with Gasteiger partial charge in [0.2, 0.25) is 5.91 Å². The molecule has 1 amide bonds. The average molecular weight is 569 g/mol. The molecule has 0 fully saturated rings. The molecule has 0 saturated heterocycles. The van der Waals surface area contributed by atoms with Crippen molar-refractivity contribution >= 4 is 35.8 Å². The number of guanidine groups is 1. The van der Waals surface area contributed by atoms with Crippen LogP contribution < -0.4 is 20.1 Å². The monoisotopic (exact) mass is 568 g/mol. The van der Waals surface area contributed by atoms with Gasteiger partial charge >= 0.3 is 0 Å². The SMILES string of the molecule is COc1ccc(CC(C)CNC(=NCC(=O)N(C)C)NCCc2ccccc2)cc1OC.I. The molecule has 0 aliphatic rings. The topological polar surface area (TPSA) is 75.2 Å². The van der Waals surface area contributed by atoms with E-state index >= 15 is 0 Å². The largest absolute Gasteiger partial charge is 0.493 e. The van der Waals surface area contributed by atoms with Crippen molar-refractivity contribution in [2.24, 2.45) is 10.9 Å². The van der Waals surface area contributed by atoms with Gasteiger partial charge in [0.1, 0.15) is 6.54 Å². The zero-order valence-electron chi connectivity index (χ0n) is 20.3. The van der Waals surface area contributed by atoms with Crippen molar-refractivity contribution in [1.29, 1.82) is 0 Å². The molecule has 1 atom stereocenters. The highest BCUT2D eigenvalue weighted by Gasteiger charge is 2.10. The molecule has 2 aromatic carbocycles. The van der Waals surface area contributed by atoms with E-state index in [9.17, 15) is 4.79 Å². The van der Waals surface area contributed by atoms with Crippen LogP contribution in [0.1, 0.15) is 18.1 Å². The maximum absolute atomic E-state index is 12.0. The number of hydrogen-bond acceptors (Lipinski definition) is 4. The Balaban J connectivity index is 0.00000544. The molecule has 1 unspecified atom stereocenters. The second-order valence-corrected chi connectivity index (χ2v) is 7.99. The summed E-state index contributed by atoms with van der Waals surface area (Å²) in [6, 6.07) is 16.3. The van der Waals surface area contributed by atoms with Gasteiger partial charge in [0.15, 0.2) is 17.5 Å². The predicted molar refractivity (Wildman–Crippen MR) is 145 cm³/mol. The Morgan fingerprint density at radius 1 is 1.00 bits per heavy atom. The van der Waals surface area contributed by atoms with E-state index in [1.165, 1.54) is 11.1 Å². The van der Waals surface area contributed by atoms with E-state index in [1.54, 1.807) is 33.2 Å². The molecule has 0 aromatic heterocycles. The Morgan fingerprint density at radius 3 is 2.33 bits per heavy atom. The standard InChI is InChI=1S/C25H36N4O3.HI/c1-19(15-21-11-12-22(31-4)23(16-21)32-5)17-27-25(28-18-24(30)29(2)3)26-14-13-20-9-7-6-8-10-20;/h6-12,16,19H,13-15,17-18H2,1-5H3,(H2,26,27,28);1H. The van der Waals surface area contributed by atoms with E-state index in [1.807, 2.05) is 30.3 Å². The lowest BCUT2D eigenvalue weighted by Gasteiger charge is -2.18. The highest BCUT2D eigenvalue weighted by Crippen LogP contribution is 2.28. The van der Waals surface area contributed by atoms with Gasteiger partial charge in [0.25, 0.3) is 0 Å². The Morgan fingerprint density at radius 2 is 1.70 bits per heavy atom. The van der Waals surface area contributed by atoms with Crippen molar-refractivity contribution in [3.63, 3.8) is 0 Å². The summed E-state index contributed by atoms with van der Waals surface area (Å²) < 4.78 is 10.7. The van der Waals surface area contributed by atoms with Crippen LogP contribution in [0.2, 0.25) is 0 Å². The number of amides is 1.